The molecule has 3 nitrogen and oxygen atoms in total. The Morgan fingerprint density at radius 3 is 2.92 bits per heavy atom. The van der Waals surface area contributed by atoms with Gasteiger partial charge in [-0.3, -0.25) is 4.90 Å². The number of terminal acetylenes is 1. The second-order valence-electron chi connectivity index (χ2n) is 2.45. The largest absolute Gasteiger partial charge is 0.465 e. The normalized spacial score (nSPS) is 11.7. The zero-order valence-corrected chi connectivity index (χ0v) is 7.91. The van der Waals surface area contributed by atoms with E-state index in [1.54, 1.807) is 19.1 Å². The predicted octanol–water partition coefficient (Wildman–Crippen LogP) is 2.25. The van der Waals surface area contributed by atoms with E-state index in [1.165, 1.54) is 16.2 Å². The third kappa shape index (κ3) is 2.01. The average molecular weight is 195 g/mol. The molecule has 0 saturated heterocycles. The first-order valence-corrected chi connectivity index (χ1v) is 4.56. The van der Waals surface area contributed by atoms with Gasteiger partial charge in [-0.15, -0.1) is 17.8 Å². The zero-order chi connectivity index (χ0) is 9.84. The summed E-state index contributed by atoms with van der Waals surface area (Å²) in [6.07, 6.45) is 4.15. The lowest BCUT2D eigenvalue weighted by Gasteiger charge is -2.20. The van der Waals surface area contributed by atoms with Crippen molar-refractivity contribution < 1.29 is 9.90 Å². The van der Waals surface area contributed by atoms with Gasteiger partial charge >= 0.3 is 6.09 Å². The smallest absolute Gasteiger partial charge is 0.413 e. The van der Waals surface area contributed by atoms with E-state index in [2.05, 4.69) is 5.92 Å². The van der Waals surface area contributed by atoms with Gasteiger partial charge < -0.3 is 5.11 Å². The number of carbonyl (C=O) groups is 1. The minimum absolute atomic E-state index is 0.434. The van der Waals surface area contributed by atoms with Crippen LogP contribution in [-0.4, -0.2) is 17.2 Å². The number of amides is 1. The van der Waals surface area contributed by atoms with Crippen LogP contribution in [0.25, 0.3) is 0 Å². The van der Waals surface area contributed by atoms with E-state index >= 15 is 0 Å². The molecule has 1 amide bonds. The summed E-state index contributed by atoms with van der Waals surface area (Å²) in [4.78, 5) is 12.0. The number of anilines is 1. The Morgan fingerprint density at radius 1 is 1.85 bits per heavy atom. The van der Waals surface area contributed by atoms with Crippen molar-refractivity contribution in [3.8, 4) is 12.3 Å². The molecule has 0 fully saturated rings. The predicted molar refractivity (Wildman–Crippen MR) is 53.1 cm³/mol. The number of thiophene rings is 1. The summed E-state index contributed by atoms with van der Waals surface area (Å²) in [6, 6.07) is 3.09. The van der Waals surface area contributed by atoms with Gasteiger partial charge in [-0.2, -0.15) is 0 Å². The average Bonchev–Trinajstić information content (AvgIpc) is 2.56. The molecule has 0 radical (unpaired) electrons. The van der Waals surface area contributed by atoms with Crippen LogP contribution in [0.15, 0.2) is 17.5 Å². The molecule has 0 spiro atoms. The maximum absolute atomic E-state index is 10.8. The summed E-state index contributed by atoms with van der Waals surface area (Å²) in [5, 5.41) is 11.3. The van der Waals surface area contributed by atoms with Crippen LogP contribution in [0.2, 0.25) is 0 Å². The van der Waals surface area contributed by atoms with Gasteiger partial charge in [-0.1, -0.05) is 5.92 Å². The Bertz CT molecular complexity index is 326. The van der Waals surface area contributed by atoms with Crippen molar-refractivity contribution in [1.29, 1.82) is 0 Å². The summed E-state index contributed by atoms with van der Waals surface area (Å²) in [6.45, 7) is 1.67. The molecule has 1 unspecified atom stereocenters. The molecule has 1 heterocycles. The molecule has 68 valence electrons. The van der Waals surface area contributed by atoms with Crippen LogP contribution >= 0.6 is 11.3 Å². The Kier molecular flexibility index (Phi) is 2.93. The third-order valence-electron chi connectivity index (χ3n) is 1.58. The second kappa shape index (κ2) is 3.97. The van der Waals surface area contributed by atoms with Crippen LogP contribution in [0, 0.1) is 12.3 Å². The second-order valence-corrected chi connectivity index (χ2v) is 3.37. The lowest BCUT2D eigenvalue weighted by molar-refractivity contribution is 0.201. The minimum atomic E-state index is -1.02. The van der Waals surface area contributed by atoms with E-state index in [4.69, 9.17) is 11.5 Å². The quantitative estimate of drug-likeness (QED) is 0.735. The van der Waals surface area contributed by atoms with E-state index in [9.17, 15) is 4.79 Å². The molecule has 4 heteroatoms. The highest BCUT2D eigenvalue weighted by atomic mass is 32.1. The fraction of sp³-hybridized carbons (Fsp3) is 0.222. The number of hydrogen-bond acceptors (Lipinski definition) is 2. The molecule has 0 aliphatic carbocycles. The summed E-state index contributed by atoms with van der Waals surface area (Å²) in [5.41, 5.74) is 0. The molecule has 0 aliphatic heterocycles. The molecule has 1 rings (SSSR count). The molecule has 1 atom stereocenters. The standard InChI is InChI=1S/C9H9NO2S/c1-3-7(2)10(9(11)12)8-5-4-6-13-8/h1,4-7H,2H3,(H,11,12). The molecule has 1 N–H and O–H groups in total. The van der Waals surface area contributed by atoms with Crippen molar-refractivity contribution in [1.82, 2.24) is 0 Å². The number of rotatable bonds is 2. The van der Waals surface area contributed by atoms with Crippen molar-refractivity contribution >= 4 is 22.4 Å². The zero-order valence-electron chi connectivity index (χ0n) is 7.10. The molecule has 0 aromatic carbocycles. The molecule has 0 aliphatic rings. The van der Waals surface area contributed by atoms with Gasteiger partial charge in [0.05, 0.1) is 6.04 Å². The molecule has 1 aromatic heterocycles. The van der Waals surface area contributed by atoms with Crippen molar-refractivity contribution in [2.75, 3.05) is 4.90 Å². The molecule has 13 heavy (non-hydrogen) atoms. The maximum atomic E-state index is 10.8. The van der Waals surface area contributed by atoms with Crippen molar-refractivity contribution in [2.24, 2.45) is 0 Å². The van der Waals surface area contributed by atoms with Gasteiger partial charge in [0, 0.05) is 0 Å². The topological polar surface area (TPSA) is 40.5 Å². The fourth-order valence-corrected chi connectivity index (χ4v) is 1.74. The Balaban J connectivity index is 2.95. The minimum Gasteiger partial charge on any atom is -0.465 e. The number of hydrogen-bond donors (Lipinski definition) is 1. The maximum Gasteiger partial charge on any atom is 0.413 e. The van der Waals surface area contributed by atoms with Crippen LogP contribution in [0.3, 0.4) is 0 Å². The lowest BCUT2D eigenvalue weighted by Crippen LogP contribution is -2.36. The number of nitrogens with zero attached hydrogens (tertiary/aromatic N) is 1. The molecule has 0 bridgehead atoms. The Morgan fingerprint density at radius 2 is 2.54 bits per heavy atom. The third-order valence-corrected chi connectivity index (χ3v) is 2.45. The van der Waals surface area contributed by atoms with Gasteiger partial charge in [0.1, 0.15) is 5.00 Å². The Labute approximate surface area is 80.6 Å². The van der Waals surface area contributed by atoms with E-state index in [1.807, 2.05) is 5.38 Å². The monoisotopic (exact) mass is 195 g/mol. The van der Waals surface area contributed by atoms with Crippen molar-refractivity contribution in [2.45, 2.75) is 13.0 Å². The van der Waals surface area contributed by atoms with Crippen molar-refractivity contribution in [3.63, 3.8) is 0 Å². The van der Waals surface area contributed by atoms with E-state index in [0.717, 1.165) is 0 Å². The van der Waals surface area contributed by atoms with E-state index in [0.29, 0.717) is 5.00 Å². The summed E-state index contributed by atoms with van der Waals surface area (Å²) < 4.78 is 0. The lowest BCUT2D eigenvalue weighted by atomic mass is 10.3. The van der Waals surface area contributed by atoms with Crippen molar-refractivity contribution in [3.05, 3.63) is 17.5 Å². The molecule has 0 saturated carbocycles. The SMILES string of the molecule is C#CC(C)N(C(=O)O)c1cccs1. The Hall–Kier alpha value is -1.47. The summed E-state index contributed by atoms with van der Waals surface area (Å²) >= 11 is 1.35. The highest BCUT2D eigenvalue weighted by molar-refractivity contribution is 7.14. The van der Waals surface area contributed by atoms with Crippen LogP contribution in [-0.2, 0) is 0 Å². The molecule has 1 aromatic rings. The van der Waals surface area contributed by atoms with Crippen LogP contribution < -0.4 is 4.90 Å². The van der Waals surface area contributed by atoms with Crippen LogP contribution in [0.1, 0.15) is 6.92 Å². The highest BCUT2D eigenvalue weighted by Crippen LogP contribution is 2.23. The fourth-order valence-electron chi connectivity index (χ4n) is 0.932. The van der Waals surface area contributed by atoms with Gasteiger partial charge in [0.15, 0.2) is 0 Å². The summed E-state index contributed by atoms with van der Waals surface area (Å²) in [5.74, 6) is 2.39. The molecular weight excluding hydrogens is 186 g/mol. The first-order chi connectivity index (χ1) is 6.16. The van der Waals surface area contributed by atoms with Gasteiger partial charge in [0.2, 0.25) is 0 Å². The highest BCUT2D eigenvalue weighted by Gasteiger charge is 2.19. The number of carboxylic acid groups (broad SMARTS) is 1. The van der Waals surface area contributed by atoms with E-state index < -0.39 is 12.1 Å². The first-order valence-electron chi connectivity index (χ1n) is 3.68. The van der Waals surface area contributed by atoms with Gasteiger partial charge in [-0.05, 0) is 24.4 Å². The van der Waals surface area contributed by atoms with E-state index in [-0.39, 0.29) is 0 Å². The van der Waals surface area contributed by atoms with Crippen LogP contribution in [0.4, 0.5) is 9.80 Å². The summed E-state index contributed by atoms with van der Waals surface area (Å²) in [7, 11) is 0. The van der Waals surface area contributed by atoms with Crippen LogP contribution in [0.5, 0.6) is 0 Å². The van der Waals surface area contributed by atoms with Gasteiger partial charge in [-0.25, -0.2) is 4.79 Å². The molecular formula is C9H9NO2S. The van der Waals surface area contributed by atoms with Gasteiger partial charge in [0.25, 0.3) is 0 Å². The first kappa shape index (κ1) is 9.62.